The number of aryl methyl sites for hydroxylation is 2. The van der Waals surface area contributed by atoms with Crippen molar-refractivity contribution in [2.45, 2.75) is 45.1 Å². The maximum atomic E-state index is 11.9. The van der Waals surface area contributed by atoms with Gasteiger partial charge >= 0.3 is 0 Å². The second-order valence-electron chi connectivity index (χ2n) is 4.92. The number of aromatic nitrogens is 1. The van der Waals surface area contributed by atoms with E-state index in [2.05, 4.69) is 15.7 Å². The molecular formula is C13H20N2O2S. The molecule has 1 aromatic rings. The Morgan fingerprint density at radius 3 is 3.11 bits per heavy atom. The molecule has 0 spiro atoms. The Labute approximate surface area is 112 Å². The van der Waals surface area contributed by atoms with Crippen molar-refractivity contribution in [2.24, 2.45) is 0 Å². The summed E-state index contributed by atoms with van der Waals surface area (Å²) in [5.74, 6) is 0.0234. The van der Waals surface area contributed by atoms with Gasteiger partial charge in [0, 0.05) is 30.6 Å². The van der Waals surface area contributed by atoms with Gasteiger partial charge in [0.05, 0.1) is 5.01 Å². The van der Waals surface area contributed by atoms with Gasteiger partial charge in [0.15, 0.2) is 0 Å². The molecule has 1 aliphatic rings. The summed E-state index contributed by atoms with van der Waals surface area (Å²) in [6, 6.07) is 0. The molecule has 1 atom stereocenters. The number of rotatable bonds is 5. The summed E-state index contributed by atoms with van der Waals surface area (Å²) in [4.78, 5) is 16.3. The number of carbonyl (C=O) groups excluding carboxylic acids is 1. The molecule has 1 N–H and O–H groups in total. The molecule has 1 aromatic heterocycles. The van der Waals surface area contributed by atoms with Crippen LogP contribution < -0.4 is 5.32 Å². The Balaban J connectivity index is 1.67. The Morgan fingerprint density at radius 2 is 2.50 bits per heavy atom. The lowest BCUT2D eigenvalue weighted by atomic mass is 10.0. The van der Waals surface area contributed by atoms with E-state index in [4.69, 9.17) is 4.74 Å². The van der Waals surface area contributed by atoms with E-state index < -0.39 is 5.60 Å². The van der Waals surface area contributed by atoms with Gasteiger partial charge in [-0.15, -0.1) is 11.3 Å². The third-order valence-corrected chi connectivity index (χ3v) is 4.25. The van der Waals surface area contributed by atoms with Crippen molar-refractivity contribution >= 4 is 17.2 Å². The topological polar surface area (TPSA) is 51.2 Å². The van der Waals surface area contributed by atoms with Gasteiger partial charge in [-0.05, 0) is 33.1 Å². The zero-order valence-corrected chi connectivity index (χ0v) is 11.8. The number of nitrogens with zero attached hydrogens (tertiary/aromatic N) is 1. The number of amides is 1. The fourth-order valence-electron chi connectivity index (χ4n) is 2.10. The van der Waals surface area contributed by atoms with Crippen LogP contribution in [0.15, 0.2) is 5.38 Å². The molecule has 18 heavy (non-hydrogen) atoms. The van der Waals surface area contributed by atoms with Crippen LogP contribution in [0.5, 0.6) is 0 Å². The number of nitrogens with one attached hydrogen (secondary N) is 1. The summed E-state index contributed by atoms with van der Waals surface area (Å²) < 4.78 is 5.50. The highest BCUT2D eigenvalue weighted by Crippen LogP contribution is 2.24. The van der Waals surface area contributed by atoms with Gasteiger partial charge in [-0.1, -0.05) is 0 Å². The molecular weight excluding hydrogens is 248 g/mol. The lowest BCUT2D eigenvalue weighted by molar-refractivity contribution is -0.139. The van der Waals surface area contributed by atoms with Gasteiger partial charge in [0.25, 0.3) is 5.91 Å². The summed E-state index contributed by atoms with van der Waals surface area (Å²) in [7, 11) is 0. The molecule has 0 saturated carbocycles. The lowest BCUT2D eigenvalue weighted by Gasteiger charge is -2.21. The maximum Gasteiger partial charge on any atom is 0.251 e. The van der Waals surface area contributed by atoms with E-state index in [1.807, 2.05) is 13.8 Å². The van der Waals surface area contributed by atoms with Crippen molar-refractivity contribution in [2.75, 3.05) is 13.2 Å². The van der Waals surface area contributed by atoms with Gasteiger partial charge in [0.1, 0.15) is 5.60 Å². The second-order valence-corrected chi connectivity index (χ2v) is 5.87. The van der Waals surface area contributed by atoms with Crippen LogP contribution in [-0.2, 0) is 16.0 Å². The zero-order chi connectivity index (χ0) is 13.0. The number of ether oxygens (including phenoxy) is 1. The van der Waals surface area contributed by atoms with Crippen LogP contribution in [-0.4, -0.2) is 29.6 Å². The van der Waals surface area contributed by atoms with Gasteiger partial charge in [0.2, 0.25) is 0 Å². The fraction of sp³-hybridized carbons (Fsp3) is 0.692. The molecule has 1 fully saturated rings. The van der Waals surface area contributed by atoms with Crippen molar-refractivity contribution in [3.05, 3.63) is 16.1 Å². The molecule has 0 aromatic carbocycles. The number of thiazole rings is 1. The molecule has 5 heteroatoms. The Morgan fingerprint density at radius 1 is 1.67 bits per heavy atom. The number of hydrogen-bond donors (Lipinski definition) is 1. The second kappa shape index (κ2) is 5.80. The fourth-order valence-corrected chi connectivity index (χ4v) is 2.92. The molecule has 0 bridgehead atoms. The van der Waals surface area contributed by atoms with Crippen molar-refractivity contribution in [3.63, 3.8) is 0 Å². The van der Waals surface area contributed by atoms with Crippen molar-refractivity contribution < 1.29 is 9.53 Å². The molecule has 2 heterocycles. The molecule has 100 valence electrons. The highest BCUT2D eigenvalue weighted by Gasteiger charge is 2.37. The summed E-state index contributed by atoms with van der Waals surface area (Å²) in [5.41, 5.74) is 0.475. The Kier molecular flexibility index (Phi) is 4.35. The first-order valence-electron chi connectivity index (χ1n) is 6.43. The van der Waals surface area contributed by atoms with E-state index in [0.29, 0.717) is 13.2 Å². The average Bonchev–Trinajstić information content (AvgIpc) is 2.94. The predicted molar refractivity (Wildman–Crippen MR) is 71.8 cm³/mol. The Bertz CT molecular complexity index is 411. The molecule has 0 aliphatic carbocycles. The zero-order valence-electron chi connectivity index (χ0n) is 11.0. The van der Waals surface area contributed by atoms with Crippen molar-refractivity contribution in [1.29, 1.82) is 0 Å². The molecule has 2 rings (SSSR count). The highest BCUT2D eigenvalue weighted by atomic mass is 32.1. The molecule has 4 nitrogen and oxygen atoms in total. The smallest absolute Gasteiger partial charge is 0.251 e. The quantitative estimate of drug-likeness (QED) is 0.832. The van der Waals surface area contributed by atoms with Crippen LogP contribution in [0.2, 0.25) is 0 Å². The minimum Gasteiger partial charge on any atom is -0.365 e. The van der Waals surface area contributed by atoms with Crippen LogP contribution in [0.3, 0.4) is 0 Å². The van der Waals surface area contributed by atoms with Crippen LogP contribution in [0.1, 0.15) is 36.9 Å². The minimum atomic E-state index is -0.599. The SMILES string of the molecule is Cc1csc(CCCNC(=O)[C@]2(C)CCCO2)n1. The normalized spacial score (nSPS) is 23.2. The van der Waals surface area contributed by atoms with Crippen LogP contribution in [0.4, 0.5) is 0 Å². The van der Waals surface area contributed by atoms with Crippen LogP contribution >= 0.6 is 11.3 Å². The molecule has 1 aliphatic heterocycles. The summed E-state index contributed by atoms with van der Waals surface area (Å²) >= 11 is 1.68. The van der Waals surface area contributed by atoms with E-state index in [0.717, 1.165) is 36.4 Å². The van der Waals surface area contributed by atoms with Gasteiger partial charge in [-0.2, -0.15) is 0 Å². The third kappa shape index (κ3) is 3.29. The summed E-state index contributed by atoms with van der Waals surface area (Å²) in [5, 5.41) is 6.16. The molecule has 0 radical (unpaired) electrons. The third-order valence-electron chi connectivity index (χ3n) is 3.22. The Hall–Kier alpha value is -0.940. The van der Waals surface area contributed by atoms with Crippen molar-refractivity contribution in [3.8, 4) is 0 Å². The van der Waals surface area contributed by atoms with Crippen LogP contribution in [0, 0.1) is 6.92 Å². The van der Waals surface area contributed by atoms with Crippen molar-refractivity contribution in [1.82, 2.24) is 10.3 Å². The van der Waals surface area contributed by atoms with E-state index in [1.54, 1.807) is 11.3 Å². The summed E-state index contributed by atoms with van der Waals surface area (Å²) in [6.07, 6.45) is 3.65. The molecule has 0 unspecified atom stereocenters. The van der Waals surface area contributed by atoms with E-state index in [9.17, 15) is 4.79 Å². The first-order valence-corrected chi connectivity index (χ1v) is 7.31. The van der Waals surface area contributed by atoms with E-state index in [-0.39, 0.29) is 5.91 Å². The van der Waals surface area contributed by atoms with E-state index in [1.165, 1.54) is 0 Å². The van der Waals surface area contributed by atoms with Crippen LogP contribution in [0.25, 0.3) is 0 Å². The first-order chi connectivity index (χ1) is 8.60. The van der Waals surface area contributed by atoms with Gasteiger partial charge in [-0.3, -0.25) is 4.79 Å². The number of hydrogen-bond acceptors (Lipinski definition) is 4. The molecule has 1 amide bonds. The minimum absolute atomic E-state index is 0.0234. The predicted octanol–water partition coefficient (Wildman–Crippen LogP) is 2.07. The average molecular weight is 268 g/mol. The largest absolute Gasteiger partial charge is 0.365 e. The highest BCUT2D eigenvalue weighted by molar-refractivity contribution is 7.09. The first kappa shape index (κ1) is 13.5. The maximum absolute atomic E-state index is 11.9. The summed E-state index contributed by atoms with van der Waals surface area (Å²) in [6.45, 7) is 5.26. The van der Waals surface area contributed by atoms with E-state index >= 15 is 0 Å². The molecule has 1 saturated heterocycles. The van der Waals surface area contributed by atoms with Gasteiger partial charge < -0.3 is 10.1 Å². The standard InChI is InChI=1S/C13H20N2O2S/c1-10-9-18-11(15-10)5-3-7-14-12(16)13(2)6-4-8-17-13/h9H,3-8H2,1-2H3,(H,14,16)/t13-/m0/s1. The number of carbonyl (C=O) groups is 1. The monoisotopic (exact) mass is 268 g/mol. The van der Waals surface area contributed by atoms with Gasteiger partial charge in [-0.25, -0.2) is 4.98 Å². The lowest BCUT2D eigenvalue weighted by Crippen LogP contribution is -2.44.